The Hall–Kier alpha value is -2.84. The van der Waals surface area contributed by atoms with Crippen molar-refractivity contribution in [3.8, 4) is 5.75 Å². The van der Waals surface area contributed by atoms with E-state index in [1.165, 1.54) is 0 Å². The molecule has 1 unspecified atom stereocenters. The molecule has 3 aromatic rings. The molecule has 0 saturated carbocycles. The number of methoxy groups -OCH3 is 1. The first-order valence-corrected chi connectivity index (χ1v) is 12.0. The zero-order valence-electron chi connectivity index (χ0n) is 17.0. The second kappa shape index (κ2) is 8.01. The third-order valence-electron chi connectivity index (χ3n) is 5.52. The predicted molar refractivity (Wildman–Crippen MR) is 118 cm³/mol. The summed E-state index contributed by atoms with van der Waals surface area (Å²) in [6.45, 7) is 0. The lowest BCUT2D eigenvalue weighted by Crippen LogP contribution is -2.37. The maximum absolute atomic E-state index is 13.4. The van der Waals surface area contributed by atoms with Gasteiger partial charge < -0.3 is 4.74 Å². The maximum Gasteiger partial charge on any atom is 0.262 e. The number of hydrogen-bond acceptors (Lipinski definition) is 5. The van der Waals surface area contributed by atoms with E-state index in [0.717, 1.165) is 28.4 Å². The SMILES string of the molecule is COc1ccc2c(c1)c1c(n2C(=O)c2ccc(Cl)cc2)CCC(C(=O)NS(C)(=O)=O)C1. The van der Waals surface area contributed by atoms with Crippen LogP contribution in [0.25, 0.3) is 10.9 Å². The zero-order chi connectivity index (χ0) is 22.3. The van der Waals surface area contributed by atoms with Crippen LogP contribution >= 0.6 is 11.6 Å². The summed E-state index contributed by atoms with van der Waals surface area (Å²) >= 11 is 5.96. The van der Waals surface area contributed by atoms with Crippen molar-refractivity contribution in [2.45, 2.75) is 19.3 Å². The summed E-state index contributed by atoms with van der Waals surface area (Å²) in [6, 6.07) is 12.1. The Labute approximate surface area is 185 Å². The van der Waals surface area contributed by atoms with Crippen molar-refractivity contribution in [3.05, 3.63) is 64.3 Å². The van der Waals surface area contributed by atoms with Gasteiger partial charge in [-0.2, -0.15) is 0 Å². The van der Waals surface area contributed by atoms with Gasteiger partial charge in [0, 0.05) is 27.6 Å². The van der Waals surface area contributed by atoms with Crippen molar-refractivity contribution in [1.29, 1.82) is 0 Å². The second-order valence-electron chi connectivity index (χ2n) is 7.63. The summed E-state index contributed by atoms with van der Waals surface area (Å²) in [5.41, 5.74) is 2.90. The van der Waals surface area contributed by atoms with E-state index in [-0.39, 0.29) is 5.91 Å². The predicted octanol–water partition coefficient (Wildman–Crippen LogP) is 3.17. The van der Waals surface area contributed by atoms with Crippen LogP contribution < -0.4 is 9.46 Å². The fourth-order valence-electron chi connectivity index (χ4n) is 4.11. The largest absolute Gasteiger partial charge is 0.497 e. The Morgan fingerprint density at radius 2 is 1.87 bits per heavy atom. The van der Waals surface area contributed by atoms with Crippen LogP contribution in [0.2, 0.25) is 5.02 Å². The average Bonchev–Trinajstić information content (AvgIpc) is 3.05. The fourth-order valence-corrected chi connectivity index (χ4v) is 4.77. The van der Waals surface area contributed by atoms with Crippen LogP contribution in [0.15, 0.2) is 42.5 Å². The van der Waals surface area contributed by atoms with Crippen LogP contribution in [0.4, 0.5) is 0 Å². The van der Waals surface area contributed by atoms with Crippen LogP contribution in [0, 0.1) is 5.92 Å². The van der Waals surface area contributed by atoms with E-state index >= 15 is 0 Å². The van der Waals surface area contributed by atoms with Gasteiger partial charge >= 0.3 is 0 Å². The molecule has 1 aliphatic rings. The van der Waals surface area contributed by atoms with Gasteiger partial charge in [-0.3, -0.25) is 18.9 Å². The molecule has 0 saturated heterocycles. The number of sulfonamides is 1. The second-order valence-corrected chi connectivity index (χ2v) is 9.82. The molecule has 162 valence electrons. The van der Waals surface area contributed by atoms with Gasteiger partial charge in [0.25, 0.3) is 5.91 Å². The van der Waals surface area contributed by atoms with Gasteiger partial charge in [0.1, 0.15) is 5.75 Å². The third-order valence-corrected chi connectivity index (χ3v) is 6.34. The molecule has 7 nitrogen and oxygen atoms in total. The minimum atomic E-state index is -3.64. The lowest BCUT2D eigenvalue weighted by molar-refractivity contribution is -0.123. The Morgan fingerprint density at radius 3 is 2.52 bits per heavy atom. The van der Waals surface area contributed by atoms with E-state index in [2.05, 4.69) is 4.72 Å². The summed E-state index contributed by atoms with van der Waals surface area (Å²) in [6.07, 6.45) is 2.20. The maximum atomic E-state index is 13.4. The van der Waals surface area contributed by atoms with Crippen LogP contribution in [0.1, 0.15) is 28.0 Å². The Bertz CT molecular complexity index is 1300. The van der Waals surface area contributed by atoms with Gasteiger partial charge in [-0.15, -0.1) is 0 Å². The first-order valence-electron chi connectivity index (χ1n) is 9.70. The number of nitrogens with zero attached hydrogens (tertiary/aromatic N) is 1. The first-order chi connectivity index (χ1) is 14.7. The quantitative estimate of drug-likeness (QED) is 0.645. The number of nitrogens with one attached hydrogen (secondary N) is 1. The van der Waals surface area contributed by atoms with Crippen molar-refractivity contribution in [2.24, 2.45) is 5.92 Å². The number of carbonyl (C=O) groups excluding carboxylic acids is 2. The van der Waals surface area contributed by atoms with E-state index in [4.69, 9.17) is 16.3 Å². The van der Waals surface area contributed by atoms with Crippen LogP contribution in [0.5, 0.6) is 5.75 Å². The number of ether oxygens (including phenoxy) is 1. The number of carbonyl (C=O) groups is 2. The molecule has 4 rings (SSSR count). The molecule has 2 aromatic carbocycles. The monoisotopic (exact) mass is 460 g/mol. The summed E-state index contributed by atoms with van der Waals surface area (Å²) in [5.74, 6) is -0.583. The van der Waals surface area contributed by atoms with E-state index in [1.807, 2.05) is 12.1 Å². The number of benzene rings is 2. The molecular formula is C22H21ClN2O5S. The number of hydrogen-bond donors (Lipinski definition) is 1. The van der Waals surface area contributed by atoms with Crippen LogP contribution in [-0.4, -0.2) is 38.2 Å². The zero-order valence-corrected chi connectivity index (χ0v) is 18.6. The Morgan fingerprint density at radius 1 is 1.16 bits per heavy atom. The van der Waals surface area contributed by atoms with E-state index in [1.54, 1.807) is 42.0 Å². The highest BCUT2D eigenvalue weighted by Gasteiger charge is 2.32. The molecule has 1 aromatic heterocycles. The van der Waals surface area contributed by atoms with Crippen molar-refractivity contribution in [1.82, 2.24) is 9.29 Å². The van der Waals surface area contributed by atoms with Gasteiger partial charge in [-0.25, -0.2) is 8.42 Å². The highest BCUT2D eigenvalue weighted by molar-refractivity contribution is 7.89. The summed E-state index contributed by atoms with van der Waals surface area (Å²) in [7, 11) is -2.08. The number of halogens is 1. The van der Waals surface area contributed by atoms with Crippen LogP contribution in [0.3, 0.4) is 0 Å². The third kappa shape index (κ3) is 4.18. The molecule has 31 heavy (non-hydrogen) atoms. The molecule has 1 amide bonds. The number of fused-ring (bicyclic) bond motifs is 3. The van der Waals surface area contributed by atoms with Gasteiger partial charge in [0.15, 0.2) is 0 Å². The molecule has 1 atom stereocenters. The van der Waals surface area contributed by atoms with Gasteiger partial charge in [0.2, 0.25) is 15.9 Å². The molecule has 0 aliphatic heterocycles. The standard InChI is InChI=1S/C22H21ClN2O5S/c1-30-16-8-10-20-18(12-16)17-11-14(21(26)24-31(2,28)29)5-9-19(17)25(20)22(27)13-3-6-15(23)7-4-13/h3-4,6-8,10,12,14H,5,9,11H2,1-2H3,(H,24,26). The topological polar surface area (TPSA) is 94.5 Å². The molecule has 0 spiro atoms. The van der Waals surface area contributed by atoms with E-state index < -0.39 is 21.8 Å². The van der Waals surface area contributed by atoms with Crippen molar-refractivity contribution in [3.63, 3.8) is 0 Å². The smallest absolute Gasteiger partial charge is 0.262 e. The summed E-state index contributed by atoms with van der Waals surface area (Å²) in [4.78, 5) is 25.9. The summed E-state index contributed by atoms with van der Waals surface area (Å²) in [5, 5.41) is 1.36. The Kier molecular flexibility index (Phi) is 5.53. The highest BCUT2D eigenvalue weighted by atomic mass is 35.5. The first kappa shape index (κ1) is 21.4. The minimum Gasteiger partial charge on any atom is -0.497 e. The van der Waals surface area contributed by atoms with Crippen molar-refractivity contribution >= 4 is 44.3 Å². The van der Waals surface area contributed by atoms with Crippen molar-refractivity contribution < 1.29 is 22.7 Å². The number of rotatable bonds is 4. The van der Waals surface area contributed by atoms with Gasteiger partial charge in [-0.05, 0) is 67.3 Å². The highest BCUT2D eigenvalue weighted by Crippen LogP contribution is 2.37. The molecular weight excluding hydrogens is 440 g/mol. The molecule has 0 bridgehead atoms. The van der Waals surface area contributed by atoms with Crippen LogP contribution in [-0.2, 0) is 27.7 Å². The lowest BCUT2D eigenvalue weighted by atomic mass is 9.86. The Balaban J connectivity index is 1.82. The minimum absolute atomic E-state index is 0.188. The van der Waals surface area contributed by atoms with Gasteiger partial charge in [0.05, 0.1) is 18.9 Å². The molecule has 1 N–H and O–H groups in total. The molecule has 0 radical (unpaired) electrons. The van der Waals surface area contributed by atoms with E-state index in [0.29, 0.717) is 35.6 Å². The number of amides is 1. The molecule has 1 heterocycles. The fraction of sp³-hybridized carbons (Fsp3) is 0.273. The van der Waals surface area contributed by atoms with Gasteiger partial charge in [-0.1, -0.05) is 11.6 Å². The number of aromatic nitrogens is 1. The molecule has 1 aliphatic carbocycles. The summed E-state index contributed by atoms with van der Waals surface area (Å²) < 4.78 is 32.1. The normalized spacial score (nSPS) is 16.0. The average molecular weight is 461 g/mol. The van der Waals surface area contributed by atoms with Crippen molar-refractivity contribution in [2.75, 3.05) is 13.4 Å². The van der Waals surface area contributed by atoms with E-state index in [9.17, 15) is 18.0 Å². The molecule has 9 heteroatoms. The lowest BCUT2D eigenvalue weighted by Gasteiger charge is -2.22. The molecule has 0 fully saturated rings.